The molecule has 0 unspecified atom stereocenters. The number of carboxylic acid groups (broad SMARTS) is 2. The fraction of sp³-hybridized carbons (Fsp3) is 0.258. The van der Waals surface area contributed by atoms with E-state index in [1.54, 1.807) is 38.4 Å². The van der Waals surface area contributed by atoms with Crippen molar-refractivity contribution in [3.63, 3.8) is 0 Å². The summed E-state index contributed by atoms with van der Waals surface area (Å²) < 4.78 is 1.39. The number of nitrogens with one attached hydrogen (secondary N) is 1. The number of benzene rings is 2. The number of carbonyl (C=O) groups is 3. The third kappa shape index (κ3) is 5.81. The highest BCUT2D eigenvalue weighted by atomic mass is 16.4. The van der Waals surface area contributed by atoms with Gasteiger partial charge in [-0.25, -0.2) is 14.6 Å². The molecule has 0 bridgehead atoms. The van der Waals surface area contributed by atoms with Gasteiger partial charge < -0.3 is 10.2 Å². The van der Waals surface area contributed by atoms with E-state index in [1.165, 1.54) is 34.0 Å². The van der Waals surface area contributed by atoms with Gasteiger partial charge in [-0.15, -0.1) is 0 Å². The molecule has 1 aliphatic heterocycles. The fourth-order valence-corrected chi connectivity index (χ4v) is 4.70. The maximum Gasteiger partial charge on any atom is 0.335 e. The van der Waals surface area contributed by atoms with Gasteiger partial charge in [-0.3, -0.25) is 19.4 Å². The molecule has 1 aromatic heterocycles. The van der Waals surface area contributed by atoms with Gasteiger partial charge in [0.15, 0.2) is 0 Å². The van der Waals surface area contributed by atoms with E-state index in [4.69, 9.17) is 0 Å². The summed E-state index contributed by atoms with van der Waals surface area (Å²) in [6, 6.07) is 12.5. The van der Waals surface area contributed by atoms with Crippen molar-refractivity contribution < 1.29 is 24.6 Å². The van der Waals surface area contributed by atoms with Crippen LogP contribution in [0.5, 0.6) is 0 Å². The minimum Gasteiger partial charge on any atom is -0.478 e. The second-order valence-corrected chi connectivity index (χ2v) is 11.2. The number of hydrazone groups is 1. The van der Waals surface area contributed by atoms with Crippen molar-refractivity contribution in [3.05, 3.63) is 105 Å². The summed E-state index contributed by atoms with van der Waals surface area (Å²) in [5.74, 6) is -2.36. The Morgan fingerprint density at radius 2 is 1.34 bits per heavy atom. The molecule has 1 aliphatic rings. The molecule has 0 fully saturated rings. The van der Waals surface area contributed by atoms with E-state index < -0.39 is 22.8 Å². The Bertz CT molecular complexity index is 1680. The van der Waals surface area contributed by atoms with Crippen LogP contribution in [0.3, 0.4) is 0 Å². The number of likely N-dealkylation sites (N-methyl/N-ethyl adjacent to an activating group) is 1. The van der Waals surface area contributed by atoms with Crippen LogP contribution in [0, 0.1) is 5.41 Å². The lowest BCUT2D eigenvalue weighted by Crippen LogP contribution is -2.26. The Labute approximate surface area is 236 Å². The van der Waals surface area contributed by atoms with E-state index in [-0.39, 0.29) is 22.6 Å². The summed E-state index contributed by atoms with van der Waals surface area (Å²) in [4.78, 5) is 48.8. The zero-order valence-electron chi connectivity index (χ0n) is 23.7. The van der Waals surface area contributed by atoms with Crippen LogP contribution in [0.15, 0.2) is 82.2 Å². The van der Waals surface area contributed by atoms with Crippen LogP contribution in [-0.2, 0) is 17.3 Å². The first kappa shape index (κ1) is 29.0. The highest BCUT2D eigenvalue weighted by molar-refractivity contribution is 6.30. The van der Waals surface area contributed by atoms with Gasteiger partial charge in [0.25, 0.3) is 11.5 Å². The number of amides is 1. The Hall–Kier alpha value is -4.99. The lowest BCUT2D eigenvalue weighted by atomic mass is 9.79. The van der Waals surface area contributed by atoms with Crippen molar-refractivity contribution in [2.75, 3.05) is 7.05 Å². The minimum atomic E-state index is -1.04. The van der Waals surface area contributed by atoms with Gasteiger partial charge in [0, 0.05) is 30.5 Å². The number of H-pyrrole nitrogens is 1. The van der Waals surface area contributed by atoms with Gasteiger partial charge in [0.05, 0.1) is 28.0 Å². The number of rotatable bonds is 8. The molecule has 10 heteroatoms. The first-order valence-electron chi connectivity index (χ1n) is 12.9. The van der Waals surface area contributed by atoms with E-state index in [1.807, 2.05) is 45.9 Å². The van der Waals surface area contributed by atoms with E-state index >= 15 is 0 Å². The van der Waals surface area contributed by atoms with Crippen molar-refractivity contribution in [2.45, 2.75) is 33.1 Å². The second kappa shape index (κ2) is 10.5. The number of hydrogen-bond acceptors (Lipinski definition) is 5. The average molecular weight is 557 g/mol. The molecule has 0 atom stereocenters. The predicted octanol–water partition coefficient (Wildman–Crippen LogP) is 4.44. The molecule has 0 radical (unpaired) electrons. The van der Waals surface area contributed by atoms with Crippen LogP contribution in [0.2, 0.25) is 0 Å². The number of carboxylic acids is 2. The van der Waals surface area contributed by atoms with Crippen LogP contribution in [-0.4, -0.2) is 55.6 Å². The van der Waals surface area contributed by atoms with Crippen LogP contribution < -0.4 is 5.56 Å². The maximum absolute atomic E-state index is 13.2. The van der Waals surface area contributed by atoms with Crippen molar-refractivity contribution >= 4 is 23.6 Å². The quantitative estimate of drug-likeness (QED) is 0.276. The number of aryl methyl sites for hydroxylation is 1. The molecule has 0 saturated carbocycles. The van der Waals surface area contributed by atoms with Gasteiger partial charge >= 0.3 is 11.9 Å². The van der Waals surface area contributed by atoms with Crippen molar-refractivity contribution in [3.8, 4) is 11.3 Å². The molecule has 41 heavy (non-hydrogen) atoms. The van der Waals surface area contributed by atoms with E-state index in [9.17, 15) is 29.4 Å². The molecule has 1 amide bonds. The first-order chi connectivity index (χ1) is 19.1. The molecule has 0 saturated heterocycles. The molecule has 4 rings (SSSR count). The third-order valence-corrected chi connectivity index (χ3v) is 6.99. The lowest BCUT2D eigenvalue weighted by molar-refractivity contribution is -0.124. The summed E-state index contributed by atoms with van der Waals surface area (Å²) in [6.45, 7) is 7.70. The van der Waals surface area contributed by atoms with Gasteiger partial charge in [-0.2, -0.15) is 5.10 Å². The number of aromatic nitrogens is 2. The van der Waals surface area contributed by atoms with Crippen molar-refractivity contribution in [2.24, 2.45) is 17.6 Å². The smallest absolute Gasteiger partial charge is 0.335 e. The lowest BCUT2D eigenvalue weighted by Gasteiger charge is -2.23. The van der Waals surface area contributed by atoms with E-state index in [2.05, 4.69) is 10.2 Å². The molecule has 0 spiro atoms. The highest BCUT2D eigenvalue weighted by Gasteiger charge is 2.32. The molecule has 3 N–H and O–H groups in total. The van der Waals surface area contributed by atoms with E-state index in [0.29, 0.717) is 33.7 Å². The van der Waals surface area contributed by atoms with E-state index in [0.717, 1.165) is 0 Å². The molecule has 3 aromatic rings. The maximum atomic E-state index is 13.2. The number of nitrogens with zero attached hydrogens (tertiary/aromatic N) is 3. The number of hydrogen-bond donors (Lipinski definition) is 3. The topological polar surface area (TPSA) is 145 Å². The number of aromatic amines is 1. The molecular formula is C31H32N4O6. The predicted molar refractivity (Wildman–Crippen MR) is 155 cm³/mol. The van der Waals surface area contributed by atoms with Gasteiger partial charge in [0.1, 0.15) is 5.71 Å². The number of aromatic carboxylic acids is 2. The number of carbonyl (C=O) groups excluding carboxylic acids is 1. The standard InChI is InChI=1S/C31H32N4O6/c1-30(2,17-22-24(32-34(5)26(22)36)18-7-11-20(12-8-18)28(38)39)15-16-31(3,4)23-25(33-35(6)27(23)37)19-9-13-21(14-10-19)29(40)41/h7-17,33H,1-6H3,(H,38,39)(H,40,41)/b16-15?,22-17+. The summed E-state index contributed by atoms with van der Waals surface area (Å²) in [5.41, 5.74) is 1.93. The van der Waals surface area contributed by atoms with Gasteiger partial charge in [0.2, 0.25) is 0 Å². The Kier molecular flexibility index (Phi) is 7.45. The normalized spacial score (nSPS) is 15.2. The zero-order valence-corrected chi connectivity index (χ0v) is 23.7. The fourth-order valence-electron chi connectivity index (χ4n) is 4.70. The Balaban J connectivity index is 1.69. The highest BCUT2D eigenvalue weighted by Crippen LogP contribution is 2.34. The SMILES string of the molecule is CN1N=C(c2ccc(C(=O)O)cc2)/C(=C\C(C)(C)C=CC(C)(C)c2c(-c3ccc(C(=O)O)cc3)[nH]n(C)c2=O)C1=O. The molecule has 0 aliphatic carbocycles. The average Bonchev–Trinajstić information content (AvgIpc) is 3.38. The Morgan fingerprint density at radius 3 is 1.85 bits per heavy atom. The molecule has 2 aromatic carbocycles. The Morgan fingerprint density at radius 1 is 0.829 bits per heavy atom. The van der Waals surface area contributed by atoms with Gasteiger partial charge in [-0.05, 0) is 29.8 Å². The summed E-state index contributed by atoms with van der Waals surface area (Å²) in [5, 5.41) is 27.2. The summed E-state index contributed by atoms with van der Waals surface area (Å²) in [7, 11) is 3.19. The molecule has 212 valence electrons. The van der Waals surface area contributed by atoms with Crippen LogP contribution in [0.25, 0.3) is 11.3 Å². The second-order valence-electron chi connectivity index (χ2n) is 11.2. The largest absolute Gasteiger partial charge is 0.478 e. The van der Waals surface area contributed by atoms with Crippen LogP contribution >= 0.6 is 0 Å². The van der Waals surface area contributed by atoms with Crippen molar-refractivity contribution in [1.82, 2.24) is 14.8 Å². The van der Waals surface area contributed by atoms with Crippen LogP contribution in [0.4, 0.5) is 0 Å². The first-order valence-corrected chi connectivity index (χ1v) is 12.9. The zero-order chi connectivity index (χ0) is 30.3. The minimum absolute atomic E-state index is 0.135. The molecular weight excluding hydrogens is 524 g/mol. The monoisotopic (exact) mass is 556 g/mol. The number of allylic oxidation sites excluding steroid dienone is 3. The summed E-state index contributed by atoms with van der Waals surface area (Å²) >= 11 is 0. The summed E-state index contributed by atoms with van der Waals surface area (Å²) in [6.07, 6.45) is 5.67. The van der Waals surface area contributed by atoms with Crippen LogP contribution in [0.1, 0.15) is 59.5 Å². The molecule has 10 nitrogen and oxygen atoms in total. The van der Waals surface area contributed by atoms with Crippen molar-refractivity contribution in [1.29, 1.82) is 0 Å². The van der Waals surface area contributed by atoms with Gasteiger partial charge in [-0.1, -0.05) is 70.2 Å². The third-order valence-electron chi connectivity index (χ3n) is 6.99. The molecule has 2 heterocycles.